The van der Waals surface area contributed by atoms with Crippen molar-refractivity contribution in [3.05, 3.63) is 66.0 Å². The number of anilines is 2. The first-order valence-electron chi connectivity index (χ1n) is 10.4. The van der Waals surface area contributed by atoms with Gasteiger partial charge in [-0.15, -0.1) is 0 Å². The molecule has 1 aromatic heterocycles. The van der Waals surface area contributed by atoms with Gasteiger partial charge in [0.2, 0.25) is 0 Å². The molecule has 2 aromatic carbocycles. The second-order valence-corrected chi connectivity index (χ2v) is 7.93. The smallest absolute Gasteiger partial charge is 0.152 e. The minimum atomic E-state index is 0.703. The van der Waals surface area contributed by atoms with E-state index in [9.17, 15) is 0 Å². The Labute approximate surface area is 166 Å². The van der Waals surface area contributed by atoms with E-state index in [1.54, 1.807) is 0 Å². The summed E-state index contributed by atoms with van der Waals surface area (Å²) in [6, 6.07) is 17.1. The van der Waals surface area contributed by atoms with E-state index in [0.29, 0.717) is 6.54 Å². The predicted molar refractivity (Wildman–Crippen MR) is 117 cm³/mol. The first-order chi connectivity index (χ1) is 13.9. The second kappa shape index (κ2) is 7.63. The highest BCUT2D eigenvalue weighted by atomic mass is 15.0. The van der Waals surface area contributed by atoms with Crippen molar-refractivity contribution in [1.82, 2.24) is 4.98 Å². The van der Waals surface area contributed by atoms with Gasteiger partial charge in [-0.3, -0.25) is 9.98 Å². The maximum Gasteiger partial charge on any atom is 0.152 e. The summed E-state index contributed by atoms with van der Waals surface area (Å²) in [6.07, 6.45) is 8.74. The summed E-state index contributed by atoms with van der Waals surface area (Å²) >= 11 is 0. The third kappa shape index (κ3) is 3.47. The van der Waals surface area contributed by atoms with Gasteiger partial charge in [0.1, 0.15) is 5.69 Å². The Hall–Kier alpha value is -2.88. The van der Waals surface area contributed by atoms with Crippen molar-refractivity contribution in [2.24, 2.45) is 10.9 Å². The van der Waals surface area contributed by atoms with Crippen LogP contribution in [0.3, 0.4) is 0 Å². The molecule has 0 amide bonds. The molecule has 2 heterocycles. The molecule has 0 spiro atoms. The highest BCUT2D eigenvalue weighted by Gasteiger charge is 2.17. The summed E-state index contributed by atoms with van der Waals surface area (Å²) < 4.78 is 0. The largest absolute Gasteiger partial charge is 0.384 e. The van der Waals surface area contributed by atoms with E-state index in [4.69, 9.17) is 0 Å². The molecule has 1 saturated carbocycles. The van der Waals surface area contributed by atoms with Gasteiger partial charge in [0.05, 0.1) is 6.54 Å². The fourth-order valence-corrected chi connectivity index (χ4v) is 4.42. The Morgan fingerprint density at radius 2 is 1.89 bits per heavy atom. The number of aliphatic imine (C=N–C) groups is 1. The Balaban J connectivity index is 1.34. The molecule has 1 fully saturated rings. The van der Waals surface area contributed by atoms with E-state index in [2.05, 4.69) is 63.1 Å². The van der Waals surface area contributed by atoms with Crippen molar-refractivity contribution in [3.8, 4) is 0 Å². The van der Waals surface area contributed by atoms with Crippen LogP contribution in [-0.2, 0) is 6.54 Å². The van der Waals surface area contributed by atoms with Gasteiger partial charge < -0.3 is 10.6 Å². The van der Waals surface area contributed by atoms with Gasteiger partial charge in [0, 0.05) is 35.1 Å². The molecule has 4 heteroatoms. The highest BCUT2D eigenvalue weighted by Crippen LogP contribution is 2.29. The van der Waals surface area contributed by atoms with Crippen molar-refractivity contribution in [2.75, 3.05) is 17.2 Å². The van der Waals surface area contributed by atoms with Crippen molar-refractivity contribution in [1.29, 1.82) is 0 Å². The van der Waals surface area contributed by atoms with Gasteiger partial charge in [-0.05, 0) is 48.4 Å². The number of benzene rings is 2. The molecule has 0 saturated heterocycles. The number of rotatable bonds is 4. The van der Waals surface area contributed by atoms with Crippen LogP contribution in [0.1, 0.15) is 43.4 Å². The van der Waals surface area contributed by atoms with Crippen LogP contribution in [-0.4, -0.2) is 17.4 Å². The average molecular weight is 371 g/mol. The molecule has 4 nitrogen and oxygen atoms in total. The predicted octanol–water partition coefficient (Wildman–Crippen LogP) is 5.60. The minimum absolute atomic E-state index is 0.703. The van der Waals surface area contributed by atoms with Crippen molar-refractivity contribution in [2.45, 2.75) is 38.6 Å². The Morgan fingerprint density at radius 3 is 2.82 bits per heavy atom. The number of amidine groups is 1. The molecule has 0 bridgehead atoms. The Bertz CT molecular complexity index is 1020. The molecule has 28 heavy (non-hydrogen) atoms. The van der Waals surface area contributed by atoms with Crippen LogP contribution in [0, 0.1) is 5.92 Å². The number of hydrogen-bond donors (Lipinski definition) is 2. The van der Waals surface area contributed by atoms with Crippen LogP contribution in [0.2, 0.25) is 0 Å². The zero-order valence-electron chi connectivity index (χ0n) is 16.1. The SMILES string of the molecule is c1cnc2c(c1)CN=C2Nc1ccc2c(NCC3CCCCC3)cccc2c1. The maximum atomic E-state index is 4.61. The summed E-state index contributed by atoms with van der Waals surface area (Å²) in [7, 11) is 0. The number of nitrogens with zero attached hydrogens (tertiary/aromatic N) is 2. The van der Waals surface area contributed by atoms with Gasteiger partial charge >= 0.3 is 0 Å². The summed E-state index contributed by atoms with van der Waals surface area (Å²) in [4.78, 5) is 9.09. The normalized spacial score (nSPS) is 16.6. The van der Waals surface area contributed by atoms with Crippen LogP contribution in [0.25, 0.3) is 10.8 Å². The number of hydrogen-bond acceptors (Lipinski definition) is 4. The van der Waals surface area contributed by atoms with Crippen LogP contribution < -0.4 is 10.6 Å². The highest BCUT2D eigenvalue weighted by molar-refractivity contribution is 6.10. The first-order valence-corrected chi connectivity index (χ1v) is 10.4. The fourth-order valence-electron chi connectivity index (χ4n) is 4.42. The maximum absolute atomic E-state index is 4.61. The lowest BCUT2D eigenvalue weighted by Crippen LogP contribution is -2.17. The van der Waals surface area contributed by atoms with Gasteiger partial charge in [0.15, 0.2) is 5.84 Å². The molecule has 5 rings (SSSR count). The zero-order valence-corrected chi connectivity index (χ0v) is 16.1. The fraction of sp³-hybridized carbons (Fsp3) is 0.333. The first kappa shape index (κ1) is 17.2. The molecule has 0 radical (unpaired) electrons. The van der Waals surface area contributed by atoms with E-state index < -0.39 is 0 Å². The molecule has 2 N–H and O–H groups in total. The van der Waals surface area contributed by atoms with E-state index in [1.165, 1.54) is 54.1 Å². The summed E-state index contributed by atoms with van der Waals surface area (Å²) in [5.74, 6) is 1.68. The topological polar surface area (TPSA) is 49.3 Å². The van der Waals surface area contributed by atoms with E-state index in [-0.39, 0.29) is 0 Å². The van der Waals surface area contributed by atoms with E-state index >= 15 is 0 Å². The van der Waals surface area contributed by atoms with Gasteiger partial charge in [-0.1, -0.05) is 43.5 Å². The van der Waals surface area contributed by atoms with E-state index in [0.717, 1.165) is 29.7 Å². The summed E-state index contributed by atoms with van der Waals surface area (Å²) in [6.45, 7) is 1.78. The third-order valence-electron chi connectivity index (χ3n) is 5.97. The molecular weight excluding hydrogens is 344 g/mol. The summed E-state index contributed by atoms with van der Waals surface area (Å²) in [5.41, 5.74) is 4.43. The molecule has 142 valence electrons. The number of pyridine rings is 1. The van der Waals surface area contributed by atoms with Crippen molar-refractivity contribution < 1.29 is 0 Å². The standard InChI is InChI=1S/C24H26N4/c1-2-6-17(7-3-1)15-26-22-10-4-8-18-14-20(11-12-21(18)22)28-24-23-19(16-27-24)9-5-13-25-23/h4-5,8-14,17,26H,1-3,6-7,15-16H2,(H,27,28). The molecule has 1 aliphatic carbocycles. The minimum Gasteiger partial charge on any atom is -0.384 e. The quantitative estimate of drug-likeness (QED) is 0.628. The number of fused-ring (bicyclic) bond motifs is 2. The molecular formula is C24H26N4. The molecule has 0 atom stereocenters. The van der Waals surface area contributed by atoms with E-state index in [1.807, 2.05) is 12.3 Å². The molecule has 1 aliphatic heterocycles. The van der Waals surface area contributed by atoms with Gasteiger partial charge in [-0.2, -0.15) is 0 Å². The average Bonchev–Trinajstić information content (AvgIpc) is 3.16. The van der Waals surface area contributed by atoms with Crippen molar-refractivity contribution in [3.63, 3.8) is 0 Å². The van der Waals surface area contributed by atoms with Gasteiger partial charge in [0.25, 0.3) is 0 Å². The lowest BCUT2D eigenvalue weighted by atomic mass is 9.89. The molecule has 3 aromatic rings. The lowest BCUT2D eigenvalue weighted by Gasteiger charge is -2.22. The molecule has 0 unspecified atom stereocenters. The summed E-state index contributed by atoms with van der Waals surface area (Å²) in [5, 5.41) is 9.68. The Kier molecular flexibility index (Phi) is 4.69. The lowest BCUT2D eigenvalue weighted by molar-refractivity contribution is 0.373. The van der Waals surface area contributed by atoms with Crippen LogP contribution in [0.15, 0.2) is 59.7 Å². The van der Waals surface area contributed by atoms with Crippen LogP contribution in [0.5, 0.6) is 0 Å². The van der Waals surface area contributed by atoms with Gasteiger partial charge in [-0.25, -0.2) is 0 Å². The zero-order chi connectivity index (χ0) is 18.8. The van der Waals surface area contributed by atoms with Crippen LogP contribution in [0.4, 0.5) is 11.4 Å². The Morgan fingerprint density at radius 1 is 0.964 bits per heavy atom. The number of aromatic nitrogens is 1. The number of nitrogens with one attached hydrogen (secondary N) is 2. The molecule has 2 aliphatic rings. The monoisotopic (exact) mass is 370 g/mol. The third-order valence-corrected chi connectivity index (χ3v) is 5.97. The second-order valence-electron chi connectivity index (χ2n) is 7.93. The van der Waals surface area contributed by atoms with Crippen LogP contribution >= 0.6 is 0 Å². The van der Waals surface area contributed by atoms with Crippen molar-refractivity contribution >= 4 is 28.0 Å².